The Morgan fingerprint density at radius 3 is 2.44 bits per heavy atom. The van der Waals surface area contributed by atoms with Gasteiger partial charge in [-0.25, -0.2) is 13.1 Å². The molecule has 18 heavy (non-hydrogen) atoms. The Hall–Kier alpha value is -1.24. The molecule has 0 radical (unpaired) electrons. The van der Waals surface area contributed by atoms with Crippen molar-refractivity contribution in [2.24, 2.45) is 0 Å². The van der Waals surface area contributed by atoms with E-state index in [1.165, 1.54) is 6.26 Å². The number of anilines is 2. The fourth-order valence-corrected chi connectivity index (χ4v) is 3.31. The minimum absolute atomic E-state index is 0.192. The van der Waals surface area contributed by atoms with Gasteiger partial charge in [0.1, 0.15) is 5.82 Å². The van der Waals surface area contributed by atoms with Gasteiger partial charge in [0.25, 0.3) is 0 Å². The molecule has 1 aliphatic rings. The van der Waals surface area contributed by atoms with Gasteiger partial charge in [0.15, 0.2) is 20.6 Å². The molecule has 2 rings (SSSR count). The van der Waals surface area contributed by atoms with Crippen molar-refractivity contribution in [2.75, 3.05) is 30.0 Å². The Morgan fingerprint density at radius 1 is 1.33 bits per heavy atom. The predicted molar refractivity (Wildman–Crippen MR) is 71.5 cm³/mol. The molecule has 0 saturated carbocycles. The fourth-order valence-electron chi connectivity index (χ4n) is 2.32. The number of sulfone groups is 1. The molecule has 0 unspecified atom stereocenters. The third-order valence-corrected chi connectivity index (χ3v) is 4.27. The molecule has 0 spiro atoms. The van der Waals surface area contributed by atoms with Crippen molar-refractivity contribution in [3.8, 4) is 0 Å². The second kappa shape index (κ2) is 4.79. The summed E-state index contributed by atoms with van der Waals surface area (Å²) in [5, 5.41) is 4.39. The van der Waals surface area contributed by atoms with Crippen molar-refractivity contribution in [2.45, 2.75) is 37.6 Å². The van der Waals surface area contributed by atoms with E-state index in [1.54, 1.807) is 4.68 Å². The molecule has 1 fully saturated rings. The Balaban J connectivity index is 2.52. The molecule has 0 aliphatic carbocycles. The van der Waals surface area contributed by atoms with Gasteiger partial charge >= 0.3 is 0 Å². The van der Waals surface area contributed by atoms with Crippen LogP contribution in [0.15, 0.2) is 4.90 Å². The largest absolute Gasteiger partial charge is 0.383 e. The molecule has 0 atom stereocenters. The molecule has 0 amide bonds. The lowest BCUT2D eigenvalue weighted by molar-refractivity contribution is 0.600. The fraction of sp³-hybridized carbons (Fsp3) is 0.727. The Kier molecular flexibility index (Phi) is 3.52. The van der Waals surface area contributed by atoms with Gasteiger partial charge in [0.2, 0.25) is 0 Å². The van der Waals surface area contributed by atoms with Gasteiger partial charge in [-0.2, -0.15) is 5.10 Å². The van der Waals surface area contributed by atoms with Crippen molar-refractivity contribution in [3.63, 3.8) is 0 Å². The summed E-state index contributed by atoms with van der Waals surface area (Å²) in [6.07, 6.45) is 4.21. The summed E-state index contributed by atoms with van der Waals surface area (Å²) in [5.41, 5.74) is 5.94. The van der Waals surface area contributed by atoms with Crippen LogP contribution in [0.5, 0.6) is 0 Å². The van der Waals surface area contributed by atoms with Crippen LogP contribution < -0.4 is 10.6 Å². The smallest absolute Gasteiger partial charge is 0.182 e. The molecule has 1 saturated heterocycles. The van der Waals surface area contributed by atoms with Gasteiger partial charge in [0.05, 0.1) is 0 Å². The summed E-state index contributed by atoms with van der Waals surface area (Å²) in [4.78, 5) is 2.21. The second-order valence-electron chi connectivity index (χ2n) is 4.73. The van der Waals surface area contributed by atoms with E-state index in [9.17, 15) is 8.42 Å². The number of nitrogen functional groups attached to an aromatic ring is 1. The molecule has 6 nitrogen and oxygen atoms in total. The zero-order valence-electron chi connectivity index (χ0n) is 10.9. The number of rotatable bonds is 4. The maximum atomic E-state index is 11.9. The average molecular weight is 272 g/mol. The first kappa shape index (κ1) is 13.2. The second-order valence-corrected chi connectivity index (χ2v) is 6.68. The molecule has 102 valence electrons. The molecule has 1 aromatic heterocycles. The van der Waals surface area contributed by atoms with Crippen LogP contribution in [0.2, 0.25) is 0 Å². The SMILES string of the molecule is CCCn1nc(N2CCCC2)c(S(C)(=O)=O)c1N. The van der Waals surface area contributed by atoms with Crippen LogP contribution in [-0.2, 0) is 16.4 Å². The standard InChI is InChI=1S/C11H20N4O2S/c1-3-6-15-10(12)9(18(2,16)17)11(13-15)14-7-4-5-8-14/h3-8,12H2,1-2H3. The topological polar surface area (TPSA) is 81.2 Å². The molecule has 2 heterocycles. The number of aromatic nitrogens is 2. The van der Waals surface area contributed by atoms with Crippen molar-refractivity contribution >= 4 is 21.5 Å². The van der Waals surface area contributed by atoms with Crippen LogP contribution in [0, 0.1) is 0 Å². The third-order valence-electron chi connectivity index (χ3n) is 3.14. The predicted octanol–water partition coefficient (Wildman–Crippen LogP) is 0.879. The van der Waals surface area contributed by atoms with E-state index < -0.39 is 9.84 Å². The first-order chi connectivity index (χ1) is 8.45. The average Bonchev–Trinajstić information content (AvgIpc) is 2.86. The van der Waals surface area contributed by atoms with Crippen molar-refractivity contribution in [1.82, 2.24) is 9.78 Å². The minimum Gasteiger partial charge on any atom is -0.383 e. The number of nitrogens with zero attached hydrogens (tertiary/aromatic N) is 3. The number of hydrogen-bond acceptors (Lipinski definition) is 5. The number of hydrogen-bond donors (Lipinski definition) is 1. The lowest BCUT2D eigenvalue weighted by atomic mass is 10.4. The van der Waals surface area contributed by atoms with E-state index in [2.05, 4.69) is 5.10 Å². The number of nitrogens with two attached hydrogens (primary N) is 1. The molecule has 7 heteroatoms. The lowest BCUT2D eigenvalue weighted by Crippen LogP contribution is -2.20. The number of aryl methyl sites for hydroxylation is 1. The van der Waals surface area contributed by atoms with E-state index in [0.29, 0.717) is 12.4 Å². The van der Waals surface area contributed by atoms with Crippen LogP contribution in [0.25, 0.3) is 0 Å². The first-order valence-electron chi connectivity index (χ1n) is 6.26. The molecular weight excluding hydrogens is 252 g/mol. The molecule has 0 aromatic carbocycles. The Bertz CT molecular complexity index is 529. The first-order valence-corrected chi connectivity index (χ1v) is 8.15. The summed E-state index contributed by atoms with van der Waals surface area (Å²) in [6, 6.07) is 0. The zero-order valence-corrected chi connectivity index (χ0v) is 11.7. The summed E-state index contributed by atoms with van der Waals surface area (Å²) < 4.78 is 25.4. The Morgan fingerprint density at radius 2 is 1.94 bits per heavy atom. The Labute approximate surface area is 108 Å². The summed E-state index contributed by atoms with van der Waals surface area (Å²) in [6.45, 7) is 4.36. The van der Waals surface area contributed by atoms with E-state index >= 15 is 0 Å². The highest BCUT2D eigenvalue weighted by Gasteiger charge is 2.28. The molecule has 2 N–H and O–H groups in total. The van der Waals surface area contributed by atoms with Gasteiger partial charge < -0.3 is 10.6 Å². The molecule has 1 aromatic rings. The maximum absolute atomic E-state index is 11.9. The van der Waals surface area contributed by atoms with E-state index in [1.807, 2.05) is 11.8 Å². The quantitative estimate of drug-likeness (QED) is 0.880. The van der Waals surface area contributed by atoms with Crippen molar-refractivity contribution in [3.05, 3.63) is 0 Å². The van der Waals surface area contributed by atoms with Gasteiger partial charge in [-0.3, -0.25) is 0 Å². The van der Waals surface area contributed by atoms with E-state index in [-0.39, 0.29) is 10.7 Å². The van der Waals surface area contributed by atoms with Gasteiger partial charge in [-0.1, -0.05) is 6.92 Å². The van der Waals surface area contributed by atoms with Crippen LogP contribution in [0.4, 0.5) is 11.6 Å². The highest BCUT2D eigenvalue weighted by Crippen LogP contribution is 2.32. The molecular formula is C11H20N4O2S. The summed E-state index contributed by atoms with van der Waals surface area (Å²) in [7, 11) is -3.35. The zero-order chi connectivity index (χ0) is 13.3. The minimum atomic E-state index is -3.35. The normalized spacial score (nSPS) is 16.4. The van der Waals surface area contributed by atoms with Crippen LogP contribution in [0.3, 0.4) is 0 Å². The summed E-state index contributed by atoms with van der Waals surface area (Å²) >= 11 is 0. The molecule has 1 aliphatic heterocycles. The highest BCUT2D eigenvalue weighted by atomic mass is 32.2. The van der Waals surface area contributed by atoms with E-state index in [4.69, 9.17) is 5.73 Å². The third kappa shape index (κ3) is 2.31. The van der Waals surface area contributed by atoms with Crippen LogP contribution in [0.1, 0.15) is 26.2 Å². The van der Waals surface area contributed by atoms with Gasteiger partial charge in [-0.05, 0) is 19.3 Å². The van der Waals surface area contributed by atoms with Crippen LogP contribution >= 0.6 is 0 Å². The monoisotopic (exact) mass is 272 g/mol. The highest BCUT2D eigenvalue weighted by molar-refractivity contribution is 7.91. The van der Waals surface area contributed by atoms with Crippen molar-refractivity contribution in [1.29, 1.82) is 0 Å². The maximum Gasteiger partial charge on any atom is 0.182 e. The molecule has 0 bridgehead atoms. The van der Waals surface area contributed by atoms with Crippen LogP contribution in [-0.4, -0.2) is 37.5 Å². The summed E-state index contributed by atoms with van der Waals surface area (Å²) in [5.74, 6) is 0.794. The lowest BCUT2D eigenvalue weighted by Gasteiger charge is -2.15. The van der Waals surface area contributed by atoms with E-state index in [0.717, 1.165) is 32.4 Å². The van der Waals surface area contributed by atoms with Gasteiger partial charge in [-0.15, -0.1) is 0 Å². The van der Waals surface area contributed by atoms with Crippen molar-refractivity contribution < 1.29 is 8.42 Å². The van der Waals surface area contributed by atoms with Gasteiger partial charge in [0, 0.05) is 25.9 Å².